The Labute approximate surface area is 465 Å². The van der Waals surface area contributed by atoms with Crippen LogP contribution in [0.4, 0.5) is 0 Å². The molecular formula is C65H124N2O7P+. The lowest BCUT2D eigenvalue weighted by Crippen LogP contribution is -2.47. The number of hydrogen-bond acceptors (Lipinski definition) is 6. The van der Waals surface area contributed by atoms with Crippen LogP contribution >= 0.6 is 7.82 Å². The molecule has 0 heterocycles. The van der Waals surface area contributed by atoms with Gasteiger partial charge in [-0.3, -0.25) is 18.6 Å². The summed E-state index contributed by atoms with van der Waals surface area (Å²) in [6, 6.07) is -0.853. The Balaban J connectivity index is 5.23. The third-order valence-electron chi connectivity index (χ3n) is 14.3. The molecule has 9 nitrogen and oxygen atoms in total. The molecule has 75 heavy (non-hydrogen) atoms. The fraction of sp³-hybridized carbons (Fsp3) is 0.846. The number of likely N-dealkylation sites (N-methyl/N-ethyl adjacent to an activating group) is 1. The molecular weight excluding hydrogens is 952 g/mol. The molecule has 2 N–H and O–H groups in total. The molecule has 0 aliphatic carbocycles. The van der Waals surface area contributed by atoms with Gasteiger partial charge in [0.1, 0.15) is 19.3 Å². The van der Waals surface area contributed by atoms with E-state index in [0.717, 1.165) is 77.0 Å². The van der Waals surface area contributed by atoms with E-state index in [0.29, 0.717) is 17.4 Å². The number of phosphoric ester groups is 1. The molecule has 10 heteroatoms. The molecule has 0 rings (SSSR count). The first-order valence-electron chi connectivity index (χ1n) is 32.0. The molecule has 0 aromatic rings. The molecule has 0 saturated carbocycles. The summed E-state index contributed by atoms with van der Waals surface area (Å²) >= 11 is 0. The fourth-order valence-corrected chi connectivity index (χ4v) is 10.0. The van der Waals surface area contributed by atoms with Crippen LogP contribution in [0.2, 0.25) is 0 Å². The summed E-state index contributed by atoms with van der Waals surface area (Å²) < 4.78 is 30.7. The predicted molar refractivity (Wildman–Crippen MR) is 323 cm³/mol. The zero-order chi connectivity index (χ0) is 55.0. The van der Waals surface area contributed by atoms with Gasteiger partial charge in [-0.2, -0.15) is 0 Å². The van der Waals surface area contributed by atoms with Crippen molar-refractivity contribution >= 4 is 19.7 Å². The second kappa shape index (κ2) is 55.3. The number of esters is 1. The highest BCUT2D eigenvalue weighted by molar-refractivity contribution is 7.47. The van der Waals surface area contributed by atoms with Gasteiger partial charge in [0, 0.05) is 12.8 Å². The second-order valence-corrected chi connectivity index (χ2v) is 24.4. The van der Waals surface area contributed by atoms with Crippen LogP contribution in [0, 0.1) is 0 Å². The van der Waals surface area contributed by atoms with Crippen LogP contribution in [0.15, 0.2) is 48.6 Å². The van der Waals surface area contributed by atoms with E-state index in [-0.39, 0.29) is 31.5 Å². The zero-order valence-corrected chi connectivity index (χ0v) is 51.2. The van der Waals surface area contributed by atoms with Gasteiger partial charge in [0.05, 0.1) is 33.8 Å². The number of carbonyl (C=O) groups is 2. The van der Waals surface area contributed by atoms with Crippen molar-refractivity contribution in [1.29, 1.82) is 0 Å². The van der Waals surface area contributed by atoms with E-state index in [1.54, 1.807) is 0 Å². The Morgan fingerprint density at radius 3 is 1.24 bits per heavy atom. The molecule has 0 fully saturated rings. The second-order valence-electron chi connectivity index (χ2n) is 23.0. The third-order valence-corrected chi connectivity index (χ3v) is 15.3. The summed E-state index contributed by atoms with van der Waals surface area (Å²) in [4.78, 5) is 37.7. The lowest BCUT2D eigenvalue weighted by atomic mass is 10.0. The summed E-state index contributed by atoms with van der Waals surface area (Å²) in [6.07, 6.45) is 68.2. The highest BCUT2D eigenvalue weighted by Crippen LogP contribution is 2.43. The number of hydrogen-bond donors (Lipinski definition) is 2. The van der Waals surface area contributed by atoms with Crippen LogP contribution < -0.4 is 5.32 Å². The van der Waals surface area contributed by atoms with E-state index >= 15 is 0 Å². The van der Waals surface area contributed by atoms with E-state index in [1.165, 1.54) is 193 Å². The first kappa shape index (κ1) is 73.0. The third kappa shape index (κ3) is 56.5. The Morgan fingerprint density at radius 2 is 0.813 bits per heavy atom. The number of rotatable bonds is 58. The van der Waals surface area contributed by atoms with Crippen LogP contribution in [0.3, 0.4) is 0 Å². The number of ether oxygens (including phenoxy) is 1. The fourth-order valence-electron chi connectivity index (χ4n) is 9.28. The molecule has 1 amide bonds. The van der Waals surface area contributed by atoms with Gasteiger partial charge >= 0.3 is 13.8 Å². The topological polar surface area (TPSA) is 111 Å². The average Bonchev–Trinajstić information content (AvgIpc) is 3.37. The number of amides is 1. The number of nitrogens with zero attached hydrogens (tertiary/aromatic N) is 1. The molecule has 0 bridgehead atoms. The van der Waals surface area contributed by atoms with Crippen molar-refractivity contribution in [3.8, 4) is 0 Å². The van der Waals surface area contributed by atoms with Crippen LogP contribution in [-0.2, 0) is 27.9 Å². The molecule has 0 aliphatic rings. The van der Waals surface area contributed by atoms with Crippen LogP contribution in [0.1, 0.15) is 303 Å². The predicted octanol–water partition coefficient (Wildman–Crippen LogP) is 19.7. The first-order valence-corrected chi connectivity index (χ1v) is 33.5. The number of quaternary nitrogens is 1. The molecule has 0 radical (unpaired) electrons. The van der Waals surface area contributed by atoms with E-state index < -0.39 is 20.0 Å². The van der Waals surface area contributed by atoms with Gasteiger partial charge in [0.25, 0.3) is 0 Å². The number of allylic oxidation sites excluding steroid dienone is 7. The van der Waals surface area contributed by atoms with Gasteiger partial charge in [-0.15, -0.1) is 0 Å². The van der Waals surface area contributed by atoms with Crippen LogP contribution in [0.25, 0.3) is 0 Å². The molecule has 0 saturated heterocycles. The van der Waals surface area contributed by atoms with Gasteiger partial charge < -0.3 is 19.4 Å². The van der Waals surface area contributed by atoms with Gasteiger partial charge in [-0.25, -0.2) is 4.57 Å². The quantitative estimate of drug-likeness (QED) is 0.0156. The highest BCUT2D eigenvalue weighted by atomic mass is 31.2. The maximum atomic E-state index is 13.5. The zero-order valence-electron chi connectivity index (χ0n) is 50.3. The lowest BCUT2D eigenvalue weighted by molar-refractivity contribution is -0.870. The standard InChI is InChI=1S/C65H123N2O7P/c1-7-10-13-16-19-22-25-28-30-31-32-33-34-35-37-40-43-46-49-52-55-58-65(69)74-63(56-53-50-47-44-41-38-27-24-21-18-15-12-9-3)62(61-73-75(70,71)72-60-59-67(4,5)6)66-64(68)57-54-51-48-45-42-39-36-29-26-23-20-17-14-11-8-2/h20,23,26,28-30,53,56,62-63H,7-19,21-22,24-25,27,31-52,54-55,57-61H2,1-6H3,(H-,66,68,70,71)/p+1/b23-20+,29-26+,30-28+,56-53-. The summed E-state index contributed by atoms with van der Waals surface area (Å²) in [5, 5.41) is 3.05. The van der Waals surface area contributed by atoms with E-state index in [4.69, 9.17) is 13.8 Å². The first-order chi connectivity index (χ1) is 36.4. The highest BCUT2D eigenvalue weighted by Gasteiger charge is 2.30. The summed E-state index contributed by atoms with van der Waals surface area (Å²) in [5.41, 5.74) is 0. The van der Waals surface area contributed by atoms with Crippen molar-refractivity contribution in [2.75, 3.05) is 40.9 Å². The summed E-state index contributed by atoms with van der Waals surface area (Å²) in [6.45, 7) is 7.00. The molecule has 3 unspecified atom stereocenters. The van der Waals surface area contributed by atoms with Crippen molar-refractivity contribution in [2.45, 2.75) is 315 Å². The Kier molecular flexibility index (Phi) is 53.8. The normalized spacial score (nSPS) is 14.0. The van der Waals surface area contributed by atoms with Crippen LogP contribution in [0.5, 0.6) is 0 Å². The van der Waals surface area contributed by atoms with Crippen LogP contribution in [-0.4, -0.2) is 74.3 Å². The van der Waals surface area contributed by atoms with Crippen molar-refractivity contribution < 1.29 is 37.3 Å². The van der Waals surface area contributed by atoms with Gasteiger partial charge in [0.2, 0.25) is 5.91 Å². The molecule has 0 spiro atoms. The lowest BCUT2D eigenvalue weighted by Gasteiger charge is -2.27. The van der Waals surface area contributed by atoms with Crippen molar-refractivity contribution in [3.63, 3.8) is 0 Å². The van der Waals surface area contributed by atoms with Crippen molar-refractivity contribution in [3.05, 3.63) is 48.6 Å². The Morgan fingerprint density at radius 1 is 0.467 bits per heavy atom. The van der Waals surface area contributed by atoms with E-state index in [9.17, 15) is 19.0 Å². The van der Waals surface area contributed by atoms with E-state index in [1.807, 2.05) is 33.3 Å². The summed E-state index contributed by atoms with van der Waals surface area (Å²) in [5.74, 6) is -0.510. The van der Waals surface area contributed by atoms with Gasteiger partial charge in [-0.1, -0.05) is 256 Å². The Hall–Kier alpha value is -2.03. The summed E-state index contributed by atoms with van der Waals surface area (Å²) in [7, 11) is 1.49. The largest absolute Gasteiger partial charge is 0.472 e. The smallest absolute Gasteiger partial charge is 0.456 e. The van der Waals surface area contributed by atoms with Crippen molar-refractivity contribution in [2.24, 2.45) is 0 Å². The SMILES string of the molecule is CCCCC/C=C/C=C/CCCCCCCCC(=O)NC(COP(=O)(O)OCC[N+](C)(C)C)C(/C=C\CCCCCCCCCCCCC)OC(=O)CCCCCCCCCCCCC/C=C/CCCCCCCC. The van der Waals surface area contributed by atoms with Crippen molar-refractivity contribution in [1.82, 2.24) is 5.32 Å². The number of phosphoric acid groups is 1. The minimum atomic E-state index is -4.45. The maximum absolute atomic E-state index is 13.5. The van der Waals surface area contributed by atoms with Gasteiger partial charge in [-0.05, 0) is 83.1 Å². The number of unbranched alkanes of at least 4 members (excludes halogenated alkanes) is 37. The molecule has 440 valence electrons. The van der Waals surface area contributed by atoms with Gasteiger partial charge in [0.15, 0.2) is 0 Å². The minimum Gasteiger partial charge on any atom is -0.456 e. The monoisotopic (exact) mass is 1080 g/mol. The average molecular weight is 1080 g/mol. The molecule has 0 aromatic carbocycles. The molecule has 0 aliphatic heterocycles. The maximum Gasteiger partial charge on any atom is 0.472 e. The molecule has 3 atom stereocenters. The number of nitrogens with one attached hydrogen (secondary N) is 1. The molecule has 0 aromatic heterocycles. The minimum absolute atomic E-state index is 0.0382. The Bertz CT molecular complexity index is 1420. The van der Waals surface area contributed by atoms with E-state index in [2.05, 4.69) is 62.5 Å². The number of carbonyl (C=O) groups excluding carboxylic acids is 2.